The lowest BCUT2D eigenvalue weighted by Crippen LogP contribution is -2.48. The molecule has 0 unspecified atom stereocenters. The molecule has 3 amide bonds. The van der Waals surface area contributed by atoms with Gasteiger partial charge in [-0.05, 0) is 45.6 Å². The van der Waals surface area contributed by atoms with Gasteiger partial charge in [-0.3, -0.25) is 9.89 Å². The molecule has 0 fully saturated rings. The average molecular weight is 483 g/mol. The van der Waals surface area contributed by atoms with Crippen LogP contribution in [0.15, 0.2) is 48.5 Å². The van der Waals surface area contributed by atoms with Crippen LogP contribution in [0.2, 0.25) is 0 Å². The number of rotatable bonds is 6. The molecular formula is C25H28F2N6O2. The number of fused-ring (bicyclic) bond motifs is 1. The van der Waals surface area contributed by atoms with Crippen molar-refractivity contribution in [1.82, 2.24) is 25.3 Å². The maximum absolute atomic E-state index is 14.1. The Morgan fingerprint density at radius 3 is 2.54 bits per heavy atom. The Kier molecular flexibility index (Phi) is 6.58. The molecule has 0 saturated heterocycles. The van der Waals surface area contributed by atoms with E-state index in [4.69, 9.17) is 0 Å². The minimum Gasteiger partial charge on any atom is -0.330 e. The molecule has 2 heterocycles. The van der Waals surface area contributed by atoms with E-state index in [1.807, 2.05) is 63.2 Å². The molecule has 1 aliphatic heterocycles. The molecule has 4 rings (SSSR count). The van der Waals surface area contributed by atoms with Crippen molar-refractivity contribution in [3.63, 3.8) is 0 Å². The number of aromatic amines is 1. The highest BCUT2D eigenvalue weighted by molar-refractivity contribution is 6.04. The molecular weight excluding hydrogens is 454 g/mol. The van der Waals surface area contributed by atoms with Crippen LogP contribution in [0.5, 0.6) is 0 Å². The van der Waals surface area contributed by atoms with Gasteiger partial charge in [0.1, 0.15) is 11.6 Å². The number of anilines is 1. The highest BCUT2D eigenvalue weighted by Crippen LogP contribution is 2.40. The number of nitrogens with one attached hydrogen (secondary N) is 3. The summed E-state index contributed by atoms with van der Waals surface area (Å²) in [4.78, 5) is 29.7. The summed E-state index contributed by atoms with van der Waals surface area (Å²) < 4.78 is 27.3. The van der Waals surface area contributed by atoms with Gasteiger partial charge in [0.2, 0.25) is 0 Å². The molecule has 3 aromatic rings. The van der Waals surface area contributed by atoms with Crippen LogP contribution in [0.3, 0.4) is 0 Å². The second kappa shape index (κ2) is 9.46. The van der Waals surface area contributed by atoms with Crippen molar-refractivity contribution in [2.24, 2.45) is 0 Å². The summed E-state index contributed by atoms with van der Waals surface area (Å²) >= 11 is 0. The monoisotopic (exact) mass is 482 g/mol. The Morgan fingerprint density at radius 2 is 1.89 bits per heavy atom. The molecule has 35 heavy (non-hydrogen) atoms. The summed E-state index contributed by atoms with van der Waals surface area (Å²) in [5, 5.41) is 12.8. The number of urea groups is 1. The van der Waals surface area contributed by atoms with Crippen molar-refractivity contribution in [2.45, 2.75) is 32.0 Å². The van der Waals surface area contributed by atoms with Crippen molar-refractivity contribution >= 4 is 17.8 Å². The standard InChI is InChI=1S/C25H28F2N6O2/c1-25(2)21-18(22(31-30-21)29-23(34)17-11-10-16(26)12-19(17)27)13-33(25)24(35)28-20(14-32(3)4)15-8-6-5-7-9-15/h5-12,20H,13-14H2,1-4H3,(H,28,35)(H2,29,30,31,34)/t20-/m1/s1. The lowest BCUT2D eigenvalue weighted by Gasteiger charge is -2.34. The van der Waals surface area contributed by atoms with E-state index in [-0.39, 0.29) is 30.0 Å². The van der Waals surface area contributed by atoms with Gasteiger partial charge in [0.25, 0.3) is 5.91 Å². The first-order valence-electron chi connectivity index (χ1n) is 11.2. The van der Waals surface area contributed by atoms with Gasteiger partial charge in [-0.2, -0.15) is 5.10 Å². The molecule has 10 heteroatoms. The highest BCUT2D eigenvalue weighted by Gasteiger charge is 2.44. The van der Waals surface area contributed by atoms with E-state index in [1.54, 1.807) is 4.90 Å². The zero-order chi connectivity index (χ0) is 25.3. The molecule has 1 aliphatic rings. The van der Waals surface area contributed by atoms with E-state index in [2.05, 4.69) is 20.8 Å². The van der Waals surface area contributed by atoms with Crippen LogP contribution in [0.25, 0.3) is 0 Å². The van der Waals surface area contributed by atoms with Gasteiger partial charge >= 0.3 is 6.03 Å². The van der Waals surface area contributed by atoms with Crippen molar-refractivity contribution in [2.75, 3.05) is 26.0 Å². The van der Waals surface area contributed by atoms with E-state index in [0.717, 1.165) is 17.7 Å². The van der Waals surface area contributed by atoms with E-state index < -0.39 is 23.1 Å². The topological polar surface area (TPSA) is 93.4 Å². The molecule has 0 aliphatic carbocycles. The predicted molar refractivity (Wildman–Crippen MR) is 128 cm³/mol. The number of halogens is 2. The Hall–Kier alpha value is -3.79. The van der Waals surface area contributed by atoms with E-state index in [9.17, 15) is 18.4 Å². The third kappa shape index (κ3) is 4.88. The van der Waals surface area contributed by atoms with Gasteiger partial charge in [-0.25, -0.2) is 13.6 Å². The van der Waals surface area contributed by atoms with Crippen LogP contribution in [0.1, 0.15) is 47.1 Å². The van der Waals surface area contributed by atoms with Crippen molar-refractivity contribution in [1.29, 1.82) is 0 Å². The number of hydrogen-bond donors (Lipinski definition) is 3. The first-order chi connectivity index (χ1) is 16.6. The average Bonchev–Trinajstić information content (AvgIpc) is 3.31. The molecule has 2 aromatic carbocycles. The number of aromatic nitrogens is 2. The quantitative estimate of drug-likeness (QED) is 0.495. The number of carbonyl (C=O) groups excluding carboxylic acids is 2. The smallest absolute Gasteiger partial charge is 0.319 e. The van der Waals surface area contributed by atoms with Crippen LogP contribution in [-0.4, -0.2) is 52.6 Å². The fourth-order valence-electron chi connectivity index (χ4n) is 4.31. The van der Waals surface area contributed by atoms with Gasteiger partial charge in [0.05, 0.1) is 29.4 Å². The number of nitrogens with zero attached hydrogens (tertiary/aromatic N) is 3. The fourth-order valence-corrected chi connectivity index (χ4v) is 4.31. The molecule has 8 nitrogen and oxygen atoms in total. The molecule has 0 saturated carbocycles. The number of carbonyl (C=O) groups is 2. The molecule has 1 aromatic heterocycles. The second-order valence-corrected chi connectivity index (χ2v) is 9.32. The lowest BCUT2D eigenvalue weighted by atomic mass is 10.0. The van der Waals surface area contributed by atoms with Crippen LogP contribution in [0.4, 0.5) is 19.4 Å². The van der Waals surface area contributed by atoms with E-state index >= 15 is 0 Å². The number of hydrogen-bond acceptors (Lipinski definition) is 4. The Morgan fingerprint density at radius 1 is 1.17 bits per heavy atom. The van der Waals surface area contributed by atoms with Crippen molar-refractivity contribution in [3.05, 3.63) is 82.5 Å². The Balaban J connectivity index is 1.53. The summed E-state index contributed by atoms with van der Waals surface area (Å²) in [7, 11) is 3.88. The molecule has 184 valence electrons. The maximum Gasteiger partial charge on any atom is 0.319 e. The zero-order valence-corrected chi connectivity index (χ0v) is 20.0. The molecule has 0 spiro atoms. The number of amides is 3. The van der Waals surface area contributed by atoms with Crippen LogP contribution >= 0.6 is 0 Å². The normalized spacial score (nSPS) is 15.1. The number of H-pyrrole nitrogens is 1. The van der Waals surface area contributed by atoms with E-state index in [1.165, 1.54) is 0 Å². The van der Waals surface area contributed by atoms with Gasteiger partial charge in [0.15, 0.2) is 5.82 Å². The summed E-state index contributed by atoms with van der Waals surface area (Å²) in [6, 6.07) is 12.0. The lowest BCUT2D eigenvalue weighted by molar-refractivity contribution is 0.102. The number of benzene rings is 2. The first kappa shape index (κ1) is 24.3. The van der Waals surface area contributed by atoms with Gasteiger partial charge < -0.3 is 20.4 Å². The summed E-state index contributed by atoms with van der Waals surface area (Å²) in [5.74, 6) is -2.30. The third-order valence-electron chi connectivity index (χ3n) is 6.17. The van der Waals surface area contributed by atoms with Crippen molar-refractivity contribution in [3.8, 4) is 0 Å². The Labute approximate surface area is 202 Å². The molecule has 3 N–H and O–H groups in total. The molecule has 0 radical (unpaired) electrons. The molecule has 0 bridgehead atoms. The second-order valence-electron chi connectivity index (χ2n) is 9.32. The Bertz CT molecular complexity index is 1240. The SMILES string of the molecule is CN(C)C[C@@H](NC(=O)N1Cc2c(NC(=O)c3ccc(F)cc3F)n[nH]c2C1(C)C)c1ccccc1. The fraction of sp³-hybridized carbons (Fsp3) is 0.320. The largest absolute Gasteiger partial charge is 0.330 e. The summed E-state index contributed by atoms with van der Waals surface area (Å²) in [6.45, 7) is 4.56. The predicted octanol–water partition coefficient (Wildman–Crippen LogP) is 4.00. The van der Waals surface area contributed by atoms with Gasteiger partial charge in [-0.15, -0.1) is 0 Å². The highest BCUT2D eigenvalue weighted by atomic mass is 19.1. The minimum absolute atomic E-state index is 0.190. The zero-order valence-electron chi connectivity index (χ0n) is 20.0. The first-order valence-corrected chi connectivity index (χ1v) is 11.2. The van der Waals surface area contributed by atoms with Crippen molar-refractivity contribution < 1.29 is 18.4 Å². The van der Waals surface area contributed by atoms with Crippen LogP contribution in [-0.2, 0) is 12.1 Å². The van der Waals surface area contributed by atoms with Gasteiger partial charge in [0, 0.05) is 18.2 Å². The van der Waals surface area contributed by atoms with Gasteiger partial charge in [-0.1, -0.05) is 30.3 Å². The van der Waals surface area contributed by atoms with Crippen LogP contribution in [0, 0.1) is 11.6 Å². The minimum atomic E-state index is -0.969. The third-order valence-corrected chi connectivity index (χ3v) is 6.17. The maximum atomic E-state index is 14.1. The number of likely N-dealkylation sites (N-methyl/N-ethyl adjacent to an activating group) is 1. The van der Waals surface area contributed by atoms with E-state index in [0.29, 0.717) is 23.9 Å². The van der Waals surface area contributed by atoms with Crippen LogP contribution < -0.4 is 10.6 Å². The summed E-state index contributed by atoms with van der Waals surface area (Å²) in [6.07, 6.45) is 0. The molecule has 1 atom stereocenters. The summed E-state index contributed by atoms with van der Waals surface area (Å²) in [5.41, 5.74) is 1.25.